The normalized spacial score (nSPS) is 29.2. The second kappa shape index (κ2) is 21.9. The Kier molecular flexibility index (Phi) is 16.4. The van der Waals surface area contributed by atoms with E-state index in [-0.39, 0.29) is 38.1 Å². The zero-order valence-corrected chi connectivity index (χ0v) is 37.9. The standard InChI is InChI=1S/C50H64O11Si/c1-8-29-53-46-44(61-62(6,7)50(2,3)4)42-40(34-56-47(59-42)38-27-19-12-20-28-38)58-49(46)60-41-39(33-52-30-35-21-13-9-14-22-35)57-48(51-5)45(55-32-37-25-17-11-18-26-37)43(41)54-31-36-23-15-10-16-24-36/h8-28,39-49H,1,29-34H2,2-7H3/t39-,40-,41-,42-,43+,44+,45-,46+,47?,48+,49-/m1/s1. The highest BCUT2D eigenvalue weighted by Crippen LogP contribution is 2.44. The van der Waals surface area contributed by atoms with Crippen molar-refractivity contribution in [3.05, 3.63) is 156 Å². The van der Waals surface area contributed by atoms with Crippen molar-refractivity contribution in [2.45, 2.75) is 126 Å². The molecule has 4 aromatic carbocycles. The molecule has 0 bridgehead atoms. The molecule has 3 aliphatic rings. The molecule has 12 heteroatoms. The third-order valence-electron chi connectivity index (χ3n) is 12.1. The number of benzene rings is 4. The molecule has 0 aliphatic carbocycles. The first-order chi connectivity index (χ1) is 30.0. The summed E-state index contributed by atoms with van der Waals surface area (Å²) >= 11 is 0. The molecule has 11 nitrogen and oxygen atoms in total. The Labute approximate surface area is 368 Å². The Morgan fingerprint density at radius 2 is 1.19 bits per heavy atom. The second-order valence-electron chi connectivity index (χ2n) is 17.6. The molecule has 0 spiro atoms. The molecule has 0 radical (unpaired) electrons. The molecule has 3 fully saturated rings. The van der Waals surface area contributed by atoms with Crippen molar-refractivity contribution < 1.29 is 51.8 Å². The maximum atomic E-state index is 7.35. The van der Waals surface area contributed by atoms with Crippen LogP contribution < -0.4 is 0 Å². The predicted octanol–water partition coefficient (Wildman–Crippen LogP) is 8.93. The maximum Gasteiger partial charge on any atom is 0.192 e. The first kappa shape index (κ1) is 46.4. The third kappa shape index (κ3) is 11.7. The Bertz CT molecular complexity index is 1920. The average molecular weight is 869 g/mol. The van der Waals surface area contributed by atoms with Gasteiger partial charge in [-0.05, 0) is 34.8 Å². The van der Waals surface area contributed by atoms with E-state index in [9.17, 15) is 0 Å². The lowest BCUT2D eigenvalue weighted by Crippen LogP contribution is -2.68. The van der Waals surface area contributed by atoms with Crippen LogP contribution in [0.2, 0.25) is 18.1 Å². The topological polar surface area (TPSA) is 102 Å². The highest BCUT2D eigenvalue weighted by molar-refractivity contribution is 6.74. The van der Waals surface area contributed by atoms with Crippen LogP contribution in [-0.2, 0) is 71.6 Å². The minimum atomic E-state index is -2.47. The molecule has 0 aromatic heterocycles. The minimum Gasteiger partial charge on any atom is -0.408 e. The summed E-state index contributed by atoms with van der Waals surface area (Å²) in [6, 6.07) is 40.0. The number of hydrogen-bond acceptors (Lipinski definition) is 11. The van der Waals surface area contributed by atoms with Crippen LogP contribution in [-0.4, -0.2) is 96.7 Å². The van der Waals surface area contributed by atoms with E-state index in [0.29, 0.717) is 6.61 Å². The summed E-state index contributed by atoms with van der Waals surface area (Å²) in [5.74, 6) is 0. The van der Waals surface area contributed by atoms with Crippen LogP contribution in [0.15, 0.2) is 134 Å². The van der Waals surface area contributed by atoms with Gasteiger partial charge in [-0.1, -0.05) is 148 Å². The van der Waals surface area contributed by atoms with Crippen molar-refractivity contribution in [3.63, 3.8) is 0 Å². The first-order valence-corrected chi connectivity index (χ1v) is 24.6. The smallest absolute Gasteiger partial charge is 0.192 e. The van der Waals surface area contributed by atoms with Crippen molar-refractivity contribution in [3.8, 4) is 0 Å². The first-order valence-electron chi connectivity index (χ1n) is 21.7. The van der Waals surface area contributed by atoms with Gasteiger partial charge < -0.3 is 51.8 Å². The molecule has 0 saturated carbocycles. The van der Waals surface area contributed by atoms with E-state index in [2.05, 4.69) is 40.4 Å². The molecule has 3 saturated heterocycles. The summed E-state index contributed by atoms with van der Waals surface area (Å²) in [4.78, 5) is 0. The monoisotopic (exact) mass is 868 g/mol. The SMILES string of the molecule is C=CCO[C@@H]1[C@@H](O[C@H]2[C@H](OCc3ccccc3)[C@@H](OCc3ccccc3)[C@@H](OC)O[C@@H]2COCc2ccccc2)O[C@@H]2COC(c3ccccc3)O[C@H]2[C@@H]1O[Si](C)(C)C(C)(C)C. The Morgan fingerprint density at radius 3 is 1.76 bits per heavy atom. The van der Waals surface area contributed by atoms with Crippen LogP contribution in [0.4, 0.5) is 0 Å². The Balaban J connectivity index is 1.26. The lowest BCUT2D eigenvalue weighted by atomic mass is 9.95. The molecule has 4 aromatic rings. The lowest BCUT2D eigenvalue weighted by molar-refractivity contribution is -0.390. The second-order valence-corrected chi connectivity index (χ2v) is 22.3. The number of ether oxygens (including phenoxy) is 10. The van der Waals surface area contributed by atoms with Gasteiger partial charge in [0.25, 0.3) is 0 Å². The van der Waals surface area contributed by atoms with Crippen LogP contribution in [0.1, 0.15) is 49.3 Å². The highest BCUT2D eigenvalue weighted by atomic mass is 28.4. The van der Waals surface area contributed by atoms with Gasteiger partial charge in [0, 0.05) is 12.7 Å². The van der Waals surface area contributed by atoms with Gasteiger partial charge in [-0.15, -0.1) is 6.58 Å². The molecule has 334 valence electrons. The van der Waals surface area contributed by atoms with Crippen molar-refractivity contribution in [1.82, 2.24) is 0 Å². The van der Waals surface area contributed by atoms with Crippen molar-refractivity contribution in [1.29, 1.82) is 0 Å². The number of rotatable bonds is 19. The summed E-state index contributed by atoms with van der Waals surface area (Å²) in [5, 5.41) is -0.128. The van der Waals surface area contributed by atoms with Gasteiger partial charge >= 0.3 is 0 Å². The maximum absolute atomic E-state index is 7.35. The fraction of sp³-hybridized carbons (Fsp3) is 0.480. The third-order valence-corrected chi connectivity index (χ3v) is 16.6. The van der Waals surface area contributed by atoms with Crippen LogP contribution in [0.5, 0.6) is 0 Å². The zero-order valence-electron chi connectivity index (χ0n) is 36.9. The Morgan fingerprint density at radius 1 is 0.645 bits per heavy atom. The molecule has 3 heterocycles. The van der Waals surface area contributed by atoms with Gasteiger partial charge in [0.2, 0.25) is 0 Å². The molecule has 1 unspecified atom stereocenters. The molecule has 62 heavy (non-hydrogen) atoms. The molecule has 3 aliphatic heterocycles. The van der Waals surface area contributed by atoms with Crippen molar-refractivity contribution in [2.75, 3.05) is 26.9 Å². The summed E-state index contributed by atoms with van der Waals surface area (Å²) in [7, 11) is -0.861. The summed E-state index contributed by atoms with van der Waals surface area (Å²) in [6.07, 6.45) is -6.14. The molecular formula is C50H64O11Si. The summed E-state index contributed by atoms with van der Waals surface area (Å²) < 4.78 is 74.4. The number of hydrogen-bond donors (Lipinski definition) is 0. The van der Waals surface area contributed by atoms with Gasteiger partial charge in [-0.2, -0.15) is 0 Å². The molecule has 0 N–H and O–H groups in total. The fourth-order valence-corrected chi connectivity index (χ4v) is 9.03. The van der Waals surface area contributed by atoms with Gasteiger partial charge in [0.1, 0.15) is 48.8 Å². The van der Waals surface area contributed by atoms with Gasteiger partial charge in [-0.25, -0.2) is 0 Å². The van der Waals surface area contributed by atoms with Crippen molar-refractivity contribution in [2.24, 2.45) is 0 Å². The molecule has 7 rings (SSSR count). The summed E-state index contributed by atoms with van der Waals surface area (Å²) in [5.41, 5.74) is 3.92. The van der Waals surface area contributed by atoms with E-state index in [1.165, 1.54) is 0 Å². The predicted molar refractivity (Wildman–Crippen MR) is 237 cm³/mol. The van der Waals surface area contributed by atoms with Crippen LogP contribution >= 0.6 is 0 Å². The van der Waals surface area contributed by atoms with E-state index < -0.39 is 76.0 Å². The van der Waals surface area contributed by atoms with E-state index in [1.54, 1.807) is 13.2 Å². The van der Waals surface area contributed by atoms with Crippen LogP contribution in [0.3, 0.4) is 0 Å². The average Bonchev–Trinajstić information content (AvgIpc) is 3.28. The summed E-state index contributed by atoms with van der Waals surface area (Å²) in [6.45, 7) is 16.6. The lowest BCUT2D eigenvalue weighted by Gasteiger charge is -2.53. The van der Waals surface area contributed by atoms with E-state index in [0.717, 1.165) is 22.3 Å². The molecule has 11 atom stereocenters. The van der Waals surface area contributed by atoms with Gasteiger partial charge in [-0.3, -0.25) is 0 Å². The quantitative estimate of drug-likeness (QED) is 0.0667. The zero-order chi connectivity index (χ0) is 43.5. The highest BCUT2D eigenvalue weighted by Gasteiger charge is 2.57. The van der Waals surface area contributed by atoms with Crippen LogP contribution in [0.25, 0.3) is 0 Å². The van der Waals surface area contributed by atoms with E-state index in [4.69, 9.17) is 51.8 Å². The molecular weight excluding hydrogens is 805 g/mol. The van der Waals surface area contributed by atoms with Crippen LogP contribution in [0, 0.1) is 0 Å². The Hall–Kier alpha value is -3.60. The van der Waals surface area contributed by atoms with Gasteiger partial charge in [0.05, 0.1) is 39.6 Å². The fourth-order valence-electron chi connectivity index (χ4n) is 7.73. The van der Waals surface area contributed by atoms with E-state index in [1.807, 2.05) is 121 Å². The number of methoxy groups -OCH3 is 1. The minimum absolute atomic E-state index is 0.128. The van der Waals surface area contributed by atoms with Gasteiger partial charge in [0.15, 0.2) is 27.2 Å². The van der Waals surface area contributed by atoms with Crippen molar-refractivity contribution >= 4 is 8.32 Å². The number of fused-ring (bicyclic) bond motifs is 1. The largest absolute Gasteiger partial charge is 0.408 e. The molecule has 0 amide bonds. The van der Waals surface area contributed by atoms with E-state index >= 15 is 0 Å².